The van der Waals surface area contributed by atoms with Crippen molar-refractivity contribution in [3.05, 3.63) is 35.9 Å². The van der Waals surface area contributed by atoms with Crippen molar-refractivity contribution in [1.82, 2.24) is 4.90 Å². The minimum Gasteiger partial charge on any atom is -0.468 e. The summed E-state index contributed by atoms with van der Waals surface area (Å²) in [4.78, 5) is 24.2. The Hall–Kier alpha value is -2.08. The molecule has 6 nitrogen and oxygen atoms in total. The van der Waals surface area contributed by atoms with Crippen LogP contribution in [0.15, 0.2) is 30.3 Å². The van der Waals surface area contributed by atoms with Gasteiger partial charge in [-0.2, -0.15) is 0 Å². The Balaban J connectivity index is 2.50. The summed E-state index contributed by atoms with van der Waals surface area (Å²) in [6.07, 6.45) is -0.584. The lowest BCUT2D eigenvalue weighted by Crippen LogP contribution is -2.39. The van der Waals surface area contributed by atoms with Crippen LogP contribution < -0.4 is 5.73 Å². The van der Waals surface area contributed by atoms with Crippen LogP contribution in [-0.4, -0.2) is 43.7 Å². The quantitative estimate of drug-likeness (QED) is 0.769. The van der Waals surface area contributed by atoms with Crippen LogP contribution in [0.2, 0.25) is 0 Å². The van der Waals surface area contributed by atoms with Crippen LogP contribution in [0.4, 0.5) is 4.79 Å². The molecule has 0 fully saturated rings. The fourth-order valence-corrected chi connectivity index (χ4v) is 1.42. The molecular formula is C13H18N2O4. The van der Waals surface area contributed by atoms with Gasteiger partial charge in [0.1, 0.15) is 13.2 Å². The van der Waals surface area contributed by atoms with Gasteiger partial charge >= 0.3 is 12.1 Å². The van der Waals surface area contributed by atoms with Gasteiger partial charge in [0, 0.05) is 13.1 Å². The van der Waals surface area contributed by atoms with Gasteiger partial charge in [0.15, 0.2) is 0 Å². The lowest BCUT2D eigenvalue weighted by Gasteiger charge is -2.20. The molecule has 0 radical (unpaired) electrons. The molecule has 19 heavy (non-hydrogen) atoms. The van der Waals surface area contributed by atoms with Gasteiger partial charge in [-0.3, -0.25) is 9.69 Å². The zero-order valence-electron chi connectivity index (χ0n) is 10.9. The highest BCUT2D eigenvalue weighted by molar-refractivity contribution is 5.77. The monoisotopic (exact) mass is 266 g/mol. The molecule has 0 atom stereocenters. The van der Waals surface area contributed by atoms with Gasteiger partial charge in [-0.15, -0.1) is 0 Å². The molecule has 6 heteroatoms. The van der Waals surface area contributed by atoms with Crippen molar-refractivity contribution in [2.75, 3.05) is 26.7 Å². The number of hydrogen-bond acceptors (Lipinski definition) is 5. The molecule has 2 N–H and O–H groups in total. The number of nitrogens with two attached hydrogens (primary N) is 1. The van der Waals surface area contributed by atoms with Gasteiger partial charge in [-0.1, -0.05) is 30.3 Å². The van der Waals surface area contributed by atoms with E-state index in [2.05, 4.69) is 4.74 Å². The lowest BCUT2D eigenvalue weighted by atomic mass is 10.2. The average molecular weight is 266 g/mol. The first-order valence-electron chi connectivity index (χ1n) is 5.90. The van der Waals surface area contributed by atoms with Crippen molar-refractivity contribution < 1.29 is 19.1 Å². The number of methoxy groups -OCH3 is 1. The second kappa shape index (κ2) is 8.10. The second-order valence-corrected chi connectivity index (χ2v) is 3.83. The van der Waals surface area contributed by atoms with Crippen LogP contribution >= 0.6 is 0 Å². The van der Waals surface area contributed by atoms with Crippen LogP contribution in [0, 0.1) is 0 Å². The highest BCUT2D eigenvalue weighted by atomic mass is 16.6. The Bertz CT molecular complexity index is 408. The Morgan fingerprint density at radius 1 is 1.26 bits per heavy atom. The van der Waals surface area contributed by atoms with Gasteiger partial charge < -0.3 is 15.2 Å². The number of ether oxygens (including phenoxy) is 2. The molecule has 1 rings (SSSR count). The number of esters is 1. The zero-order chi connectivity index (χ0) is 14.1. The van der Waals surface area contributed by atoms with Crippen molar-refractivity contribution in [3.8, 4) is 0 Å². The normalized spacial score (nSPS) is 9.79. The summed E-state index contributed by atoms with van der Waals surface area (Å²) in [6.45, 7) is 0.476. The van der Waals surface area contributed by atoms with Crippen molar-refractivity contribution in [1.29, 1.82) is 0 Å². The molecule has 0 heterocycles. The van der Waals surface area contributed by atoms with E-state index in [0.717, 1.165) is 5.56 Å². The first kappa shape index (κ1) is 15.0. The summed E-state index contributed by atoms with van der Waals surface area (Å²) in [5, 5.41) is 0. The molecule has 0 aliphatic heterocycles. The van der Waals surface area contributed by atoms with E-state index in [4.69, 9.17) is 10.5 Å². The third-order valence-corrected chi connectivity index (χ3v) is 2.41. The van der Waals surface area contributed by atoms with Crippen molar-refractivity contribution in [2.24, 2.45) is 5.73 Å². The van der Waals surface area contributed by atoms with E-state index in [-0.39, 0.29) is 26.2 Å². The Morgan fingerprint density at radius 2 is 1.95 bits per heavy atom. The maximum Gasteiger partial charge on any atom is 0.410 e. The summed E-state index contributed by atoms with van der Waals surface area (Å²) in [5.41, 5.74) is 6.27. The van der Waals surface area contributed by atoms with E-state index in [9.17, 15) is 9.59 Å². The minimum atomic E-state index is -0.584. The number of amides is 1. The van der Waals surface area contributed by atoms with Crippen molar-refractivity contribution >= 4 is 12.1 Å². The van der Waals surface area contributed by atoms with Gasteiger partial charge in [-0.05, 0) is 5.56 Å². The zero-order valence-corrected chi connectivity index (χ0v) is 10.9. The summed E-state index contributed by atoms with van der Waals surface area (Å²) in [7, 11) is 1.26. The molecule has 0 spiro atoms. The molecule has 0 unspecified atom stereocenters. The molecule has 0 aliphatic carbocycles. The van der Waals surface area contributed by atoms with Gasteiger partial charge in [-0.25, -0.2) is 4.79 Å². The fourth-order valence-electron chi connectivity index (χ4n) is 1.42. The number of hydrogen-bond donors (Lipinski definition) is 1. The Kier molecular flexibility index (Phi) is 6.38. The lowest BCUT2D eigenvalue weighted by molar-refractivity contribution is -0.141. The standard InChI is InChI=1S/C13H18N2O4/c1-18-12(16)9-15(8-7-14)13(17)19-10-11-5-3-2-4-6-11/h2-6H,7-10,14H2,1H3. The summed E-state index contributed by atoms with van der Waals surface area (Å²) in [6, 6.07) is 9.29. The van der Waals surface area contributed by atoms with Crippen molar-refractivity contribution in [2.45, 2.75) is 6.61 Å². The average Bonchev–Trinajstić information content (AvgIpc) is 2.45. The predicted octanol–water partition coefficient (Wildman–Crippen LogP) is 0.757. The van der Waals surface area contributed by atoms with Crippen LogP contribution in [0.1, 0.15) is 5.56 Å². The highest BCUT2D eigenvalue weighted by Gasteiger charge is 2.18. The smallest absolute Gasteiger partial charge is 0.410 e. The van der Waals surface area contributed by atoms with E-state index in [0.29, 0.717) is 0 Å². The fraction of sp³-hybridized carbons (Fsp3) is 0.385. The van der Waals surface area contributed by atoms with Gasteiger partial charge in [0.05, 0.1) is 7.11 Å². The van der Waals surface area contributed by atoms with E-state index in [1.807, 2.05) is 30.3 Å². The molecule has 0 saturated heterocycles. The Morgan fingerprint density at radius 3 is 2.53 bits per heavy atom. The Labute approximate surface area is 112 Å². The van der Waals surface area contributed by atoms with Crippen molar-refractivity contribution in [3.63, 3.8) is 0 Å². The summed E-state index contributed by atoms with van der Waals surface area (Å²) < 4.78 is 9.62. The number of nitrogens with zero attached hydrogens (tertiary/aromatic N) is 1. The van der Waals surface area contributed by atoms with Crippen LogP contribution in [-0.2, 0) is 20.9 Å². The first-order chi connectivity index (χ1) is 9.17. The van der Waals surface area contributed by atoms with Gasteiger partial charge in [0.2, 0.25) is 0 Å². The molecule has 104 valence electrons. The first-order valence-corrected chi connectivity index (χ1v) is 5.90. The molecule has 1 aromatic rings. The predicted molar refractivity (Wildman–Crippen MR) is 69.3 cm³/mol. The third-order valence-electron chi connectivity index (χ3n) is 2.41. The SMILES string of the molecule is COC(=O)CN(CCN)C(=O)OCc1ccccc1. The molecule has 0 saturated carbocycles. The second-order valence-electron chi connectivity index (χ2n) is 3.83. The largest absolute Gasteiger partial charge is 0.468 e. The van der Waals surface area contributed by atoms with Crippen LogP contribution in [0.3, 0.4) is 0 Å². The number of benzene rings is 1. The number of carbonyl (C=O) groups excluding carboxylic acids is 2. The summed E-state index contributed by atoms with van der Waals surface area (Å²) >= 11 is 0. The molecule has 0 aromatic heterocycles. The maximum absolute atomic E-state index is 11.8. The maximum atomic E-state index is 11.8. The minimum absolute atomic E-state index is 0.155. The molecule has 0 aliphatic rings. The third kappa shape index (κ3) is 5.39. The van der Waals surface area contributed by atoms with E-state index >= 15 is 0 Å². The van der Waals surface area contributed by atoms with E-state index in [1.165, 1.54) is 12.0 Å². The summed E-state index contributed by atoms with van der Waals surface area (Å²) in [5.74, 6) is -0.509. The molecule has 1 aromatic carbocycles. The number of carbonyl (C=O) groups is 2. The van der Waals surface area contributed by atoms with Gasteiger partial charge in [0.25, 0.3) is 0 Å². The van der Waals surface area contributed by atoms with E-state index < -0.39 is 12.1 Å². The topological polar surface area (TPSA) is 81.9 Å². The molecule has 0 bridgehead atoms. The molecule has 1 amide bonds. The van der Waals surface area contributed by atoms with E-state index in [1.54, 1.807) is 0 Å². The highest BCUT2D eigenvalue weighted by Crippen LogP contribution is 2.03. The van der Waals surface area contributed by atoms with Crippen LogP contribution in [0.5, 0.6) is 0 Å². The van der Waals surface area contributed by atoms with Crippen LogP contribution in [0.25, 0.3) is 0 Å². The molecular weight excluding hydrogens is 248 g/mol. The number of rotatable bonds is 6.